The van der Waals surface area contributed by atoms with Crippen LogP contribution in [0.25, 0.3) is 54.9 Å². The minimum atomic E-state index is 0.109. The van der Waals surface area contributed by atoms with Crippen LogP contribution in [0.5, 0.6) is 0 Å². The van der Waals surface area contributed by atoms with Gasteiger partial charge in [0.15, 0.2) is 0 Å². The first kappa shape index (κ1) is 41.1. The Hall–Kier alpha value is -5.92. The van der Waals surface area contributed by atoms with Crippen molar-refractivity contribution in [1.82, 2.24) is 0 Å². The summed E-state index contributed by atoms with van der Waals surface area (Å²) in [5, 5.41) is 5.13. The minimum absolute atomic E-state index is 0.109. The number of fused-ring (bicyclic) bond motifs is 5. The van der Waals surface area contributed by atoms with Crippen LogP contribution in [-0.4, -0.2) is 0 Å². The summed E-state index contributed by atoms with van der Waals surface area (Å²) in [5.41, 5.74) is 20.6. The fourth-order valence-electron chi connectivity index (χ4n) is 11.5. The van der Waals surface area contributed by atoms with Gasteiger partial charge in [0.1, 0.15) is 0 Å². The molecule has 0 heterocycles. The van der Waals surface area contributed by atoms with E-state index in [-0.39, 0.29) is 21.7 Å². The second-order valence-electron chi connectivity index (χ2n) is 21.6. The van der Waals surface area contributed by atoms with Gasteiger partial charge in [-0.15, -0.1) is 0 Å². The van der Waals surface area contributed by atoms with Crippen molar-refractivity contribution in [3.63, 3.8) is 0 Å². The molecular formula is C62H63N. The zero-order valence-corrected chi connectivity index (χ0v) is 39.2. The molecule has 0 saturated carbocycles. The molecule has 0 atom stereocenters. The first-order valence-corrected chi connectivity index (χ1v) is 23.4. The molecule has 8 aromatic carbocycles. The molecule has 0 spiro atoms. The number of aryl methyl sites for hydroxylation is 2. The summed E-state index contributed by atoms with van der Waals surface area (Å²) in [7, 11) is 0. The standard InChI is InChI=1S/C62H63N/c1-40-19-33-53-57(61(7,8)37-35-59(53,3)4)55(40)43-23-29-47(30-24-43)63(46-27-21-42(22-28-46)52-39-45-15-11-12-16-49(45)50-17-13-14-18-51(50)52)48-31-25-44(26-32-48)56-41(2)20-34-54-58(56)62(9,10)38-36-60(54,5)6/h11-34,39H,35-38H2,1-10H3. The predicted octanol–water partition coefficient (Wildman–Crippen LogP) is 17.8. The molecule has 0 radical (unpaired) electrons. The number of rotatable bonds is 6. The average molecular weight is 822 g/mol. The molecule has 2 aliphatic rings. The summed E-state index contributed by atoms with van der Waals surface area (Å²) >= 11 is 0. The number of hydrogen-bond acceptors (Lipinski definition) is 1. The Balaban J connectivity index is 1.10. The second kappa shape index (κ2) is 14.8. The Bertz CT molecular complexity index is 2920. The van der Waals surface area contributed by atoms with Crippen LogP contribution in [0.4, 0.5) is 17.1 Å². The van der Waals surface area contributed by atoms with Gasteiger partial charge in [-0.2, -0.15) is 0 Å². The molecule has 0 fully saturated rings. The van der Waals surface area contributed by atoms with Crippen LogP contribution < -0.4 is 4.90 Å². The van der Waals surface area contributed by atoms with E-state index < -0.39 is 0 Å². The molecule has 0 saturated heterocycles. The Morgan fingerprint density at radius 2 is 0.746 bits per heavy atom. The van der Waals surface area contributed by atoms with Crippen LogP contribution in [0.1, 0.15) is 114 Å². The molecular weight excluding hydrogens is 759 g/mol. The van der Waals surface area contributed by atoms with Gasteiger partial charge in [-0.1, -0.05) is 165 Å². The molecule has 1 heteroatoms. The Morgan fingerprint density at radius 3 is 1.21 bits per heavy atom. The van der Waals surface area contributed by atoms with Gasteiger partial charge in [0.2, 0.25) is 0 Å². The van der Waals surface area contributed by atoms with Crippen LogP contribution in [0.2, 0.25) is 0 Å². The van der Waals surface area contributed by atoms with E-state index in [4.69, 9.17) is 0 Å². The molecule has 63 heavy (non-hydrogen) atoms. The molecule has 0 unspecified atom stereocenters. The van der Waals surface area contributed by atoms with Crippen LogP contribution in [0.15, 0.2) is 152 Å². The SMILES string of the molecule is Cc1ccc2c(c1-c1ccc(N(c3ccc(-c4c(C)ccc5c4C(C)(C)CCC5(C)C)cc3)c3ccc(-c4cc5ccccc5c5ccccc45)cc3)cc1)C(C)(C)CCC2(C)C. The Morgan fingerprint density at radius 1 is 0.365 bits per heavy atom. The van der Waals surface area contributed by atoms with Crippen molar-refractivity contribution in [3.05, 3.63) is 185 Å². The van der Waals surface area contributed by atoms with E-state index in [0.29, 0.717) is 0 Å². The molecule has 10 rings (SSSR count). The molecule has 8 aromatic rings. The van der Waals surface area contributed by atoms with E-state index in [1.54, 1.807) is 0 Å². The maximum Gasteiger partial charge on any atom is 0.0462 e. The third-order valence-electron chi connectivity index (χ3n) is 15.4. The van der Waals surface area contributed by atoms with E-state index in [9.17, 15) is 0 Å². The maximum absolute atomic E-state index is 2.45. The average Bonchev–Trinajstić information content (AvgIpc) is 3.27. The van der Waals surface area contributed by atoms with Gasteiger partial charge >= 0.3 is 0 Å². The smallest absolute Gasteiger partial charge is 0.0462 e. The molecule has 0 aliphatic heterocycles. The lowest BCUT2D eigenvalue weighted by Gasteiger charge is -2.43. The Kier molecular flexibility index (Phi) is 9.68. The van der Waals surface area contributed by atoms with Crippen LogP contribution in [0, 0.1) is 13.8 Å². The van der Waals surface area contributed by atoms with Crippen molar-refractivity contribution in [2.45, 2.75) is 117 Å². The van der Waals surface area contributed by atoms with Crippen LogP contribution in [0.3, 0.4) is 0 Å². The summed E-state index contributed by atoms with van der Waals surface area (Å²) < 4.78 is 0. The number of nitrogens with zero attached hydrogens (tertiary/aromatic N) is 1. The quantitative estimate of drug-likeness (QED) is 0.151. The van der Waals surface area contributed by atoms with Crippen molar-refractivity contribution in [2.75, 3.05) is 4.90 Å². The van der Waals surface area contributed by atoms with Crippen molar-refractivity contribution in [3.8, 4) is 33.4 Å². The van der Waals surface area contributed by atoms with Gasteiger partial charge in [0.25, 0.3) is 0 Å². The van der Waals surface area contributed by atoms with E-state index >= 15 is 0 Å². The van der Waals surface area contributed by atoms with Gasteiger partial charge in [0, 0.05) is 17.1 Å². The van der Waals surface area contributed by atoms with Gasteiger partial charge in [-0.25, -0.2) is 0 Å². The molecule has 0 N–H and O–H groups in total. The highest BCUT2D eigenvalue weighted by Crippen LogP contribution is 2.52. The number of benzene rings is 8. The molecule has 0 amide bonds. The lowest BCUT2D eigenvalue weighted by Crippen LogP contribution is -2.34. The summed E-state index contributed by atoms with van der Waals surface area (Å²) in [4.78, 5) is 2.44. The lowest BCUT2D eigenvalue weighted by atomic mass is 9.61. The summed E-state index contributed by atoms with van der Waals surface area (Å²) in [6.07, 6.45) is 4.80. The van der Waals surface area contributed by atoms with Gasteiger partial charge in [0.05, 0.1) is 0 Å². The lowest BCUT2D eigenvalue weighted by molar-refractivity contribution is 0.332. The zero-order valence-electron chi connectivity index (χ0n) is 39.2. The fraction of sp³-hybridized carbons (Fsp3) is 0.290. The third kappa shape index (κ3) is 6.91. The molecule has 2 aliphatic carbocycles. The first-order chi connectivity index (χ1) is 30.0. The van der Waals surface area contributed by atoms with Gasteiger partial charge in [-0.05, 0) is 192 Å². The Labute approximate surface area is 376 Å². The topological polar surface area (TPSA) is 3.24 Å². The molecule has 316 valence electrons. The fourth-order valence-corrected chi connectivity index (χ4v) is 11.5. The predicted molar refractivity (Wildman–Crippen MR) is 272 cm³/mol. The molecule has 0 bridgehead atoms. The minimum Gasteiger partial charge on any atom is -0.311 e. The third-order valence-corrected chi connectivity index (χ3v) is 15.4. The molecule has 1 nitrogen and oxygen atoms in total. The van der Waals surface area contributed by atoms with Crippen molar-refractivity contribution < 1.29 is 0 Å². The van der Waals surface area contributed by atoms with Crippen molar-refractivity contribution in [2.24, 2.45) is 0 Å². The summed E-state index contributed by atoms with van der Waals surface area (Å²) in [5.74, 6) is 0. The van der Waals surface area contributed by atoms with Gasteiger partial charge in [-0.3, -0.25) is 0 Å². The van der Waals surface area contributed by atoms with E-state index in [1.807, 2.05) is 0 Å². The summed E-state index contributed by atoms with van der Waals surface area (Å²) in [6.45, 7) is 24.1. The highest BCUT2D eigenvalue weighted by atomic mass is 15.1. The van der Waals surface area contributed by atoms with Crippen LogP contribution >= 0.6 is 0 Å². The molecule has 0 aromatic heterocycles. The normalized spacial score (nSPS) is 17.0. The summed E-state index contributed by atoms with van der Waals surface area (Å²) in [6, 6.07) is 57.6. The second-order valence-corrected chi connectivity index (χ2v) is 21.6. The van der Waals surface area contributed by atoms with E-state index in [0.717, 1.165) is 17.1 Å². The van der Waals surface area contributed by atoms with E-state index in [2.05, 4.69) is 226 Å². The maximum atomic E-state index is 2.45. The number of hydrogen-bond donors (Lipinski definition) is 0. The first-order valence-electron chi connectivity index (χ1n) is 23.4. The van der Waals surface area contributed by atoms with Crippen molar-refractivity contribution in [1.29, 1.82) is 0 Å². The largest absolute Gasteiger partial charge is 0.311 e. The van der Waals surface area contributed by atoms with Crippen LogP contribution in [-0.2, 0) is 21.7 Å². The highest BCUT2D eigenvalue weighted by Gasteiger charge is 2.40. The monoisotopic (exact) mass is 821 g/mol. The number of anilines is 3. The van der Waals surface area contributed by atoms with Gasteiger partial charge < -0.3 is 4.90 Å². The van der Waals surface area contributed by atoms with Crippen molar-refractivity contribution >= 4 is 38.6 Å². The van der Waals surface area contributed by atoms with E-state index in [1.165, 1.54) is 114 Å². The highest BCUT2D eigenvalue weighted by molar-refractivity contribution is 6.13. The zero-order chi connectivity index (χ0) is 44.1.